The van der Waals surface area contributed by atoms with Gasteiger partial charge in [0.2, 0.25) is 5.91 Å². The molecule has 1 aromatic carbocycles. The molecule has 1 fully saturated rings. The van der Waals surface area contributed by atoms with Crippen LogP contribution in [0.3, 0.4) is 0 Å². The Kier molecular flexibility index (Phi) is 3.56. The predicted octanol–water partition coefficient (Wildman–Crippen LogP) is 2.37. The number of pyridine rings is 1. The van der Waals surface area contributed by atoms with Gasteiger partial charge in [0, 0.05) is 18.1 Å². The van der Waals surface area contributed by atoms with Crippen molar-refractivity contribution in [1.29, 1.82) is 0 Å². The van der Waals surface area contributed by atoms with Crippen molar-refractivity contribution in [2.24, 2.45) is 23.7 Å². The largest absolute Gasteiger partial charge is 0.481 e. The highest BCUT2D eigenvalue weighted by atomic mass is 16.4. The molecule has 1 amide bonds. The van der Waals surface area contributed by atoms with Crippen LogP contribution in [0.4, 0.5) is 0 Å². The van der Waals surface area contributed by atoms with Crippen molar-refractivity contribution < 1.29 is 14.7 Å². The number of fused-ring (bicyclic) bond motifs is 3. The van der Waals surface area contributed by atoms with Gasteiger partial charge in [0.15, 0.2) is 0 Å². The Bertz CT molecular complexity index is 840. The molecular weight excluding hydrogens is 304 g/mol. The zero-order valence-corrected chi connectivity index (χ0v) is 13.1. The Hall–Kier alpha value is -2.69. The number of para-hydroxylation sites is 1. The second-order valence-electron chi connectivity index (χ2n) is 6.55. The first-order chi connectivity index (χ1) is 11.6. The van der Waals surface area contributed by atoms with E-state index in [1.807, 2.05) is 42.5 Å². The molecule has 5 nitrogen and oxygen atoms in total. The van der Waals surface area contributed by atoms with Crippen molar-refractivity contribution in [3.63, 3.8) is 0 Å². The minimum absolute atomic E-state index is 0.0116. The van der Waals surface area contributed by atoms with E-state index in [1.165, 1.54) is 0 Å². The van der Waals surface area contributed by atoms with Gasteiger partial charge in [0.25, 0.3) is 0 Å². The first kappa shape index (κ1) is 14.9. The number of amides is 1. The average molecular weight is 322 g/mol. The summed E-state index contributed by atoms with van der Waals surface area (Å²) in [6.45, 7) is 0.358. The number of aromatic nitrogens is 1. The van der Waals surface area contributed by atoms with Crippen LogP contribution in [0.25, 0.3) is 10.9 Å². The highest BCUT2D eigenvalue weighted by molar-refractivity contribution is 5.87. The summed E-state index contributed by atoms with van der Waals surface area (Å²) < 4.78 is 0. The molecule has 0 aliphatic heterocycles. The summed E-state index contributed by atoms with van der Waals surface area (Å²) >= 11 is 0. The smallest absolute Gasteiger partial charge is 0.307 e. The van der Waals surface area contributed by atoms with Gasteiger partial charge in [-0.1, -0.05) is 36.4 Å². The maximum Gasteiger partial charge on any atom is 0.307 e. The van der Waals surface area contributed by atoms with Gasteiger partial charge in [-0.3, -0.25) is 14.6 Å². The van der Waals surface area contributed by atoms with Gasteiger partial charge in [-0.2, -0.15) is 0 Å². The number of nitrogens with zero attached hydrogens (tertiary/aromatic N) is 1. The van der Waals surface area contributed by atoms with Crippen molar-refractivity contribution in [3.05, 3.63) is 54.2 Å². The number of hydrogen-bond donors (Lipinski definition) is 2. The lowest BCUT2D eigenvalue weighted by molar-refractivity contribution is -0.147. The average Bonchev–Trinajstić information content (AvgIpc) is 3.20. The molecule has 2 aromatic rings. The van der Waals surface area contributed by atoms with Crippen LogP contribution < -0.4 is 5.32 Å². The lowest BCUT2D eigenvalue weighted by Gasteiger charge is -2.24. The summed E-state index contributed by atoms with van der Waals surface area (Å²) in [6.07, 6.45) is 6.44. The second-order valence-corrected chi connectivity index (χ2v) is 6.55. The minimum Gasteiger partial charge on any atom is -0.481 e. The van der Waals surface area contributed by atoms with Crippen LogP contribution in [0.1, 0.15) is 12.0 Å². The molecule has 0 unspecified atom stereocenters. The standard InChI is InChI=1S/C19H18N2O3/c22-18(15-12-6-7-13(9-12)16(15)19(23)24)21-10-14-4-1-3-11-5-2-8-20-17(11)14/h1-8,12-13,15-16H,9-10H2,(H,21,22)(H,23,24)/t12-,13-,15+,16-/m0/s1. The third-order valence-electron chi connectivity index (χ3n) is 5.22. The summed E-state index contributed by atoms with van der Waals surface area (Å²) in [5.74, 6) is -2.10. The van der Waals surface area contributed by atoms with Crippen molar-refractivity contribution in [2.45, 2.75) is 13.0 Å². The summed E-state index contributed by atoms with van der Waals surface area (Å²) in [5, 5.41) is 13.4. The molecule has 1 heterocycles. The van der Waals surface area contributed by atoms with Crippen molar-refractivity contribution >= 4 is 22.8 Å². The van der Waals surface area contributed by atoms with Crippen LogP contribution in [0.2, 0.25) is 0 Å². The van der Waals surface area contributed by atoms with E-state index in [4.69, 9.17) is 0 Å². The van der Waals surface area contributed by atoms with Crippen LogP contribution in [0.5, 0.6) is 0 Å². The monoisotopic (exact) mass is 322 g/mol. The highest BCUT2D eigenvalue weighted by Gasteiger charge is 2.51. The minimum atomic E-state index is -0.876. The maximum atomic E-state index is 12.6. The zero-order valence-electron chi connectivity index (χ0n) is 13.1. The van der Waals surface area contributed by atoms with Gasteiger partial charge in [-0.05, 0) is 29.9 Å². The van der Waals surface area contributed by atoms with Crippen LogP contribution in [-0.2, 0) is 16.1 Å². The summed E-state index contributed by atoms with van der Waals surface area (Å²) in [4.78, 5) is 28.5. The first-order valence-electron chi connectivity index (χ1n) is 8.16. The van der Waals surface area contributed by atoms with Gasteiger partial charge in [-0.25, -0.2) is 0 Å². The molecule has 1 saturated carbocycles. The van der Waals surface area contributed by atoms with Gasteiger partial charge in [-0.15, -0.1) is 0 Å². The molecule has 2 bridgehead atoms. The number of carbonyl (C=O) groups excluding carboxylic acids is 1. The lowest BCUT2D eigenvalue weighted by atomic mass is 9.82. The number of carboxylic acids is 1. The Morgan fingerprint density at radius 1 is 1.12 bits per heavy atom. The molecule has 4 atom stereocenters. The fourth-order valence-electron chi connectivity index (χ4n) is 4.13. The third-order valence-corrected chi connectivity index (χ3v) is 5.22. The molecule has 5 heteroatoms. The number of nitrogens with one attached hydrogen (secondary N) is 1. The van der Waals surface area contributed by atoms with Crippen molar-refractivity contribution in [3.8, 4) is 0 Å². The maximum absolute atomic E-state index is 12.6. The molecule has 4 rings (SSSR count). The summed E-state index contributed by atoms with van der Waals surface area (Å²) in [5.41, 5.74) is 1.80. The van der Waals surface area contributed by atoms with E-state index < -0.39 is 17.8 Å². The number of carboxylic acid groups (broad SMARTS) is 1. The highest BCUT2D eigenvalue weighted by Crippen LogP contribution is 2.48. The molecule has 122 valence electrons. The lowest BCUT2D eigenvalue weighted by Crippen LogP contribution is -2.39. The molecule has 2 N–H and O–H groups in total. The number of aliphatic carboxylic acids is 1. The summed E-state index contributed by atoms with van der Waals surface area (Å²) in [7, 11) is 0. The van der Waals surface area contributed by atoms with E-state index in [2.05, 4.69) is 10.3 Å². The molecule has 2 aliphatic carbocycles. The van der Waals surface area contributed by atoms with Gasteiger partial charge >= 0.3 is 5.97 Å². The van der Waals surface area contributed by atoms with E-state index in [1.54, 1.807) is 6.20 Å². The number of rotatable bonds is 4. The molecular formula is C19H18N2O3. The van der Waals surface area contributed by atoms with E-state index >= 15 is 0 Å². The normalized spacial score (nSPS) is 27.5. The molecule has 0 spiro atoms. The van der Waals surface area contributed by atoms with E-state index in [-0.39, 0.29) is 17.7 Å². The van der Waals surface area contributed by atoms with E-state index in [0.717, 1.165) is 22.9 Å². The Morgan fingerprint density at radius 3 is 2.67 bits per heavy atom. The van der Waals surface area contributed by atoms with Crippen LogP contribution >= 0.6 is 0 Å². The zero-order chi connectivity index (χ0) is 16.7. The molecule has 0 radical (unpaired) electrons. The van der Waals surface area contributed by atoms with E-state index in [9.17, 15) is 14.7 Å². The Balaban J connectivity index is 1.52. The molecule has 1 aromatic heterocycles. The fourth-order valence-corrected chi connectivity index (χ4v) is 4.13. The molecule has 2 aliphatic rings. The SMILES string of the molecule is O=C(O)[C@@H]1[C@H](C(=O)NCc2cccc3cccnc23)[C@H]2C=C[C@H]1C2. The van der Waals surface area contributed by atoms with Crippen molar-refractivity contribution in [2.75, 3.05) is 0 Å². The third kappa shape index (κ3) is 2.37. The van der Waals surface area contributed by atoms with Crippen molar-refractivity contribution in [1.82, 2.24) is 10.3 Å². The Morgan fingerprint density at radius 2 is 1.88 bits per heavy atom. The first-order valence-corrected chi connectivity index (χ1v) is 8.16. The summed E-state index contributed by atoms with van der Waals surface area (Å²) in [6, 6.07) is 9.71. The van der Waals surface area contributed by atoms with Gasteiger partial charge in [0.05, 0.1) is 17.4 Å². The van der Waals surface area contributed by atoms with Gasteiger partial charge in [0.1, 0.15) is 0 Å². The Labute approximate surface area is 139 Å². The predicted molar refractivity (Wildman–Crippen MR) is 88.9 cm³/mol. The van der Waals surface area contributed by atoms with Crippen LogP contribution in [0.15, 0.2) is 48.7 Å². The number of allylic oxidation sites excluding steroid dienone is 2. The fraction of sp³-hybridized carbons (Fsp3) is 0.316. The molecule has 0 saturated heterocycles. The van der Waals surface area contributed by atoms with E-state index in [0.29, 0.717) is 6.54 Å². The number of benzene rings is 1. The topological polar surface area (TPSA) is 79.3 Å². The van der Waals surface area contributed by atoms with Crippen LogP contribution in [0, 0.1) is 23.7 Å². The quantitative estimate of drug-likeness (QED) is 0.847. The number of carbonyl (C=O) groups is 2. The second kappa shape index (κ2) is 5.74. The number of hydrogen-bond acceptors (Lipinski definition) is 3. The van der Waals surface area contributed by atoms with Gasteiger partial charge < -0.3 is 10.4 Å². The molecule has 24 heavy (non-hydrogen) atoms. The van der Waals surface area contributed by atoms with Crippen LogP contribution in [-0.4, -0.2) is 22.0 Å².